The second-order valence-electron chi connectivity index (χ2n) is 7.79. The molecule has 0 amide bonds. The van der Waals surface area contributed by atoms with E-state index in [2.05, 4.69) is 51.2 Å². The fourth-order valence-corrected chi connectivity index (χ4v) is 3.81. The zero-order valence-corrected chi connectivity index (χ0v) is 13.9. The lowest BCUT2D eigenvalue weighted by atomic mass is 9.79. The lowest BCUT2D eigenvalue weighted by molar-refractivity contribution is 0.136. The Morgan fingerprint density at radius 1 is 1.19 bits per heavy atom. The molecule has 3 unspecified atom stereocenters. The van der Waals surface area contributed by atoms with Crippen LogP contribution in [0.15, 0.2) is 18.2 Å². The fourth-order valence-electron chi connectivity index (χ4n) is 3.81. The van der Waals surface area contributed by atoms with Gasteiger partial charge in [0.25, 0.3) is 0 Å². The van der Waals surface area contributed by atoms with Crippen LogP contribution in [-0.2, 0) is 13.0 Å². The lowest BCUT2D eigenvalue weighted by Crippen LogP contribution is -2.35. The number of hydrogen-bond donors (Lipinski definition) is 1. The summed E-state index contributed by atoms with van der Waals surface area (Å²) in [5.74, 6) is 2.85. The van der Waals surface area contributed by atoms with E-state index in [0.717, 1.165) is 30.6 Å². The van der Waals surface area contributed by atoms with E-state index in [1.165, 1.54) is 30.4 Å². The molecule has 1 aliphatic carbocycles. The van der Waals surface area contributed by atoms with Crippen molar-refractivity contribution in [1.29, 1.82) is 0 Å². The summed E-state index contributed by atoms with van der Waals surface area (Å²) in [6.07, 6.45) is 5.00. The van der Waals surface area contributed by atoms with Crippen LogP contribution in [0.25, 0.3) is 0 Å². The van der Waals surface area contributed by atoms with Crippen molar-refractivity contribution < 1.29 is 4.74 Å². The Labute approximate surface area is 129 Å². The Morgan fingerprint density at radius 3 is 2.76 bits per heavy atom. The van der Waals surface area contributed by atoms with Gasteiger partial charge in [0.05, 0.1) is 0 Å². The predicted molar refractivity (Wildman–Crippen MR) is 87.7 cm³/mol. The van der Waals surface area contributed by atoms with Crippen LogP contribution >= 0.6 is 0 Å². The third-order valence-corrected chi connectivity index (χ3v) is 5.35. The molecular weight excluding hydrogens is 258 g/mol. The smallest absolute Gasteiger partial charge is 0.127 e. The zero-order chi connectivity index (χ0) is 15.0. The zero-order valence-electron chi connectivity index (χ0n) is 13.9. The van der Waals surface area contributed by atoms with Gasteiger partial charge in [0.2, 0.25) is 0 Å². The van der Waals surface area contributed by atoms with Gasteiger partial charge in [-0.1, -0.05) is 32.0 Å². The molecule has 1 aromatic rings. The largest absolute Gasteiger partial charge is 0.487 e. The SMILES string of the molecule is CC1CCC(NCc2cccc3c2OC(C)(C)C3)CC1C. The molecule has 2 nitrogen and oxygen atoms in total. The molecule has 1 saturated carbocycles. The third-order valence-electron chi connectivity index (χ3n) is 5.35. The van der Waals surface area contributed by atoms with Crippen LogP contribution in [0.4, 0.5) is 0 Å². The second kappa shape index (κ2) is 5.64. The number of fused-ring (bicyclic) bond motifs is 1. The molecule has 1 heterocycles. The van der Waals surface area contributed by atoms with Crippen molar-refractivity contribution in [2.24, 2.45) is 11.8 Å². The van der Waals surface area contributed by atoms with E-state index in [0.29, 0.717) is 6.04 Å². The summed E-state index contributed by atoms with van der Waals surface area (Å²) < 4.78 is 6.16. The molecule has 0 bridgehead atoms. The van der Waals surface area contributed by atoms with E-state index < -0.39 is 0 Å². The summed E-state index contributed by atoms with van der Waals surface area (Å²) in [6, 6.07) is 7.26. The van der Waals surface area contributed by atoms with Crippen molar-refractivity contribution in [2.45, 2.75) is 71.6 Å². The first-order valence-electron chi connectivity index (χ1n) is 8.48. The standard InChI is InChI=1S/C19H29NO/c1-13-8-9-17(10-14(13)2)20-12-16-7-5-6-15-11-19(3,4)21-18(15)16/h5-7,13-14,17,20H,8-12H2,1-4H3. The average Bonchev–Trinajstić information content (AvgIpc) is 2.74. The molecule has 0 saturated heterocycles. The summed E-state index contributed by atoms with van der Waals surface area (Å²) in [5.41, 5.74) is 2.64. The maximum Gasteiger partial charge on any atom is 0.127 e. The van der Waals surface area contributed by atoms with E-state index in [-0.39, 0.29) is 5.60 Å². The molecule has 0 aromatic heterocycles. The number of benzene rings is 1. The van der Waals surface area contributed by atoms with Crippen LogP contribution in [0, 0.1) is 11.8 Å². The maximum absolute atomic E-state index is 6.16. The minimum atomic E-state index is -0.0484. The molecule has 0 radical (unpaired) electrons. The molecule has 21 heavy (non-hydrogen) atoms. The van der Waals surface area contributed by atoms with Gasteiger partial charge in [-0.25, -0.2) is 0 Å². The number of para-hydroxylation sites is 1. The number of hydrogen-bond acceptors (Lipinski definition) is 2. The van der Waals surface area contributed by atoms with Crippen molar-refractivity contribution in [2.75, 3.05) is 0 Å². The average molecular weight is 287 g/mol. The topological polar surface area (TPSA) is 21.3 Å². The van der Waals surface area contributed by atoms with E-state index in [1.807, 2.05) is 0 Å². The maximum atomic E-state index is 6.16. The van der Waals surface area contributed by atoms with Gasteiger partial charge >= 0.3 is 0 Å². The highest BCUT2D eigenvalue weighted by Crippen LogP contribution is 2.37. The summed E-state index contributed by atoms with van der Waals surface area (Å²) >= 11 is 0. The highest BCUT2D eigenvalue weighted by molar-refractivity contribution is 5.45. The molecule has 1 fully saturated rings. The number of rotatable bonds is 3. The Kier molecular flexibility index (Phi) is 4.00. The fraction of sp³-hybridized carbons (Fsp3) is 0.684. The van der Waals surface area contributed by atoms with Gasteiger partial charge in [0.1, 0.15) is 11.4 Å². The van der Waals surface area contributed by atoms with Gasteiger partial charge in [-0.3, -0.25) is 0 Å². The van der Waals surface area contributed by atoms with Crippen LogP contribution in [0.1, 0.15) is 58.1 Å². The van der Waals surface area contributed by atoms with Crippen molar-refractivity contribution in [1.82, 2.24) is 5.32 Å². The Balaban J connectivity index is 1.64. The summed E-state index contributed by atoms with van der Waals surface area (Å²) in [7, 11) is 0. The Bertz CT molecular complexity index is 508. The molecule has 1 aromatic carbocycles. The number of nitrogens with one attached hydrogen (secondary N) is 1. The molecule has 3 atom stereocenters. The van der Waals surface area contributed by atoms with Gasteiger partial charge < -0.3 is 10.1 Å². The molecule has 1 N–H and O–H groups in total. The van der Waals surface area contributed by atoms with Gasteiger partial charge in [0.15, 0.2) is 0 Å². The molecule has 116 valence electrons. The Hall–Kier alpha value is -1.02. The lowest BCUT2D eigenvalue weighted by Gasteiger charge is -2.32. The molecule has 2 aliphatic rings. The van der Waals surface area contributed by atoms with Gasteiger partial charge in [-0.05, 0) is 50.5 Å². The van der Waals surface area contributed by atoms with Gasteiger partial charge in [-0.2, -0.15) is 0 Å². The molecule has 2 heteroatoms. The highest BCUT2D eigenvalue weighted by atomic mass is 16.5. The van der Waals surface area contributed by atoms with Crippen LogP contribution in [0.3, 0.4) is 0 Å². The van der Waals surface area contributed by atoms with Crippen molar-refractivity contribution in [3.8, 4) is 5.75 Å². The van der Waals surface area contributed by atoms with Crippen molar-refractivity contribution in [3.63, 3.8) is 0 Å². The quantitative estimate of drug-likeness (QED) is 0.894. The van der Waals surface area contributed by atoms with E-state index >= 15 is 0 Å². The van der Waals surface area contributed by atoms with Crippen molar-refractivity contribution >= 4 is 0 Å². The van der Waals surface area contributed by atoms with Crippen LogP contribution in [0.2, 0.25) is 0 Å². The summed E-state index contributed by atoms with van der Waals surface area (Å²) in [6.45, 7) is 10.1. The van der Waals surface area contributed by atoms with Crippen molar-refractivity contribution in [3.05, 3.63) is 29.3 Å². The van der Waals surface area contributed by atoms with Gasteiger partial charge in [-0.15, -0.1) is 0 Å². The molecule has 3 rings (SSSR count). The Morgan fingerprint density at radius 2 is 2.00 bits per heavy atom. The highest BCUT2D eigenvalue weighted by Gasteiger charge is 2.31. The van der Waals surface area contributed by atoms with Crippen LogP contribution in [0.5, 0.6) is 5.75 Å². The monoisotopic (exact) mass is 287 g/mol. The predicted octanol–water partition coefficient (Wildman–Crippen LogP) is 4.31. The van der Waals surface area contributed by atoms with Crippen LogP contribution in [-0.4, -0.2) is 11.6 Å². The number of ether oxygens (including phenoxy) is 1. The molecule has 0 spiro atoms. The van der Waals surface area contributed by atoms with E-state index in [4.69, 9.17) is 4.74 Å². The first-order chi connectivity index (χ1) is 9.94. The molecular formula is C19H29NO. The normalized spacial score (nSPS) is 30.8. The minimum Gasteiger partial charge on any atom is -0.487 e. The van der Waals surface area contributed by atoms with Crippen LogP contribution < -0.4 is 10.1 Å². The first-order valence-corrected chi connectivity index (χ1v) is 8.48. The van der Waals surface area contributed by atoms with E-state index in [9.17, 15) is 0 Å². The molecule has 1 aliphatic heterocycles. The first kappa shape index (κ1) is 14.9. The van der Waals surface area contributed by atoms with E-state index in [1.54, 1.807) is 0 Å². The minimum absolute atomic E-state index is 0.0484. The second-order valence-corrected chi connectivity index (χ2v) is 7.79. The third kappa shape index (κ3) is 3.26. The summed E-state index contributed by atoms with van der Waals surface area (Å²) in [5, 5.41) is 3.77. The van der Waals surface area contributed by atoms with Gasteiger partial charge in [0, 0.05) is 24.6 Å². The summed E-state index contributed by atoms with van der Waals surface area (Å²) in [4.78, 5) is 0.